The van der Waals surface area contributed by atoms with Crippen molar-refractivity contribution in [1.29, 1.82) is 15.8 Å². The average molecular weight is 629 g/mol. The molecule has 2 aliphatic carbocycles. The minimum Gasteiger partial charge on any atom is -0.418 e. The normalized spacial score (nSPS) is 14.5. The number of nitrogens with zero attached hydrogens (tertiary/aromatic N) is 6. The van der Waals surface area contributed by atoms with E-state index in [1.165, 1.54) is 12.1 Å². The van der Waals surface area contributed by atoms with Crippen LogP contribution < -0.4 is 4.74 Å². The first kappa shape index (κ1) is 30.6. The summed E-state index contributed by atoms with van der Waals surface area (Å²) in [6, 6.07) is 25.6. The molecule has 0 saturated heterocycles. The summed E-state index contributed by atoms with van der Waals surface area (Å²) in [5, 5.41) is 30.1. The number of para-hydroxylation sites is 1. The van der Waals surface area contributed by atoms with Crippen molar-refractivity contribution in [3.8, 4) is 46.2 Å². The van der Waals surface area contributed by atoms with Gasteiger partial charge in [-0.05, 0) is 86.3 Å². The maximum atomic E-state index is 13.1. The van der Waals surface area contributed by atoms with Gasteiger partial charge in [0, 0.05) is 11.1 Å². The Bertz CT molecular complexity index is 2460. The molecule has 2 aliphatic rings. The first-order valence-corrected chi connectivity index (χ1v) is 14.0. The molecule has 0 bridgehead atoms. The maximum absolute atomic E-state index is 13.1. The summed E-state index contributed by atoms with van der Waals surface area (Å²) >= 11 is 0. The molecule has 0 N–H and O–H groups in total. The highest BCUT2D eigenvalue weighted by molar-refractivity contribution is 6.37. The van der Waals surface area contributed by atoms with E-state index < -0.39 is 12.1 Å². The van der Waals surface area contributed by atoms with Crippen molar-refractivity contribution in [2.75, 3.05) is 0 Å². The summed E-state index contributed by atoms with van der Waals surface area (Å²) in [7, 11) is 0. The second kappa shape index (κ2) is 11.5. The summed E-state index contributed by atoms with van der Waals surface area (Å²) in [4.78, 5) is 10.3. The second-order valence-corrected chi connectivity index (χ2v) is 10.6. The molecule has 4 aromatic rings. The van der Waals surface area contributed by atoms with Crippen molar-refractivity contribution in [1.82, 2.24) is 0 Å². The number of rotatable bonds is 3. The van der Waals surface area contributed by atoms with Crippen molar-refractivity contribution >= 4 is 28.0 Å². The zero-order valence-electron chi connectivity index (χ0n) is 24.7. The number of aryl methyl sites for hydroxylation is 1. The molecular weight excluding hydrogens is 613 g/mol. The van der Waals surface area contributed by atoms with E-state index in [0.717, 1.165) is 11.6 Å². The molecule has 0 atom stereocenters. The molecule has 0 radical (unpaired) electrons. The molecule has 48 heavy (non-hydrogen) atoms. The zero-order chi connectivity index (χ0) is 34.3. The molecule has 0 saturated carbocycles. The number of allylic oxidation sites excluding steroid dienone is 6. The molecule has 0 heterocycles. The zero-order valence-corrected chi connectivity index (χ0v) is 24.7. The van der Waals surface area contributed by atoms with Gasteiger partial charge in [0.05, 0.1) is 37.4 Å². The van der Waals surface area contributed by atoms with Gasteiger partial charge in [0.15, 0.2) is 0 Å². The highest BCUT2D eigenvalue weighted by atomic mass is 19.4. The third-order valence-electron chi connectivity index (χ3n) is 8.12. The van der Waals surface area contributed by atoms with Crippen LogP contribution in [0.3, 0.4) is 0 Å². The van der Waals surface area contributed by atoms with Gasteiger partial charge in [0.2, 0.25) is 5.69 Å². The highest BCUT2D eigenvalue weighted by Crippen LogP contribution is 2.60. The van der Waals surface area contributed by atoms with Crippen LogP contribution in [0.15, 0.2) is 84.2 Å². The number of hydrogen-bond donors (Lipinski definition) is 0. The molecule has 0 aromatic heterocycles. The van der Waals surface area contributed by atoms with Crippen LogP contribution >= 0.6 is 0 Å². The number of halogens is 3. The number of ether oxygens (including phenoxy) is 1. The van der Waals surface area contributed by atoms with E-state index >= 15 is 0 Å². The fourth-order valence-corrected chi connectivity index (χ4v) is 6.23. The average Bonchev–Trinajstić information content (AvgIpc) is 3.57. The number of benzene rings is 4. The van der Waals surface area contributed by atoms with Crippen molar-refractivity contribution in [2.24, 2.45) is 0 Å². The Kier molecular flexibility index (Phi) is 7.36. The smallest absolute Gasteiger partial charge is 0.418 e. The Labute approximate surface area is 272 Å². The lowest BCUT2D eigenvalue weighted by atomic mass is 9.87. The van der Waals surface area contributed by atoms with Crippen LogP contribution in [0.25, 0.3) is 59.1 Å². The minimum absolute atomic E-state index is 0.133. The fraction of sp³-hybridized carbons (Fsp3) is 0.0526. The van der Waals surface area contributed by atoms with Crippen molar-refractivity contribution < 1.29 is 17.9 Å². The number of alkyl halides is 3. The van der Waals surface area contributed by atoms with Crippen LogP contribution in [0.1, 0.15) is 33.4 Å². The van der Waals surface area contributed by atoms with E-state index in [1.54, 1.807) is 42.5 Å². The third-order valence-corrected chi connectivity index (χ3v) is 8.12. The number of fused-ring (bicyclic) bond motifs is 4. The SMILES string of the molecule is [C-]#[N+]/C(C#N)=C1C2=C(/C(=C(\C#N)[N+]#[C-])c3cc(-c4cccc(C)c4C#N)ccc32)c2ccc(-c3cccc(OC(F)(F)F)c3[N+]#[C-])cc2\1. The summed E-state index contributed by atoms with van der Waals surface area (Å²) in [6.45, 7) is 25.1. The summed E-state index contributed by atoms with van der Waals surface area (Å²) in [5.74, 6) is -0.676. The lowest BCUT2D eigenvalue weighted by molar-refractivity contribution is -0.274. The van der Waals surface area contributed by atoms with E-state index in [2.05, 4.69) is 25.3 Å². The number of nitriles is 3. The van der Waals surface area contributed by atoms with Crippen molar-refractivity contribution in [3.05, 3.63) is 152 Å². The molecule has 0 unspecified atom stereocenters. The lowest BCUT2D eigenvalue weighted by Gasteiger charge is -2.17. The van der Waals surface area contributed by atoms with Crippen LogP contribution in [0.2, 0.25) is 0 Å². The molecule has 0 fully saturated rings. The third kappa shape index (κ3) is 4.72. The van der Waals surface area contributed by atoms with Gasteiger partial charge in [0.1, 0.15) is 11.8 Å². The van der Waals surface area contributed by atoms with Crippen LogP contribution in [0.5, 0.6) is 5.75 Å². The topological polar surface area (TPSA) is 93.7 Å². The van der Waals surface area contributed by atoms with E-state index in [0.29, 0.717) is 61.2 Å². The number of hydrogen-bond acceptors (Lipinski definition) is 4. The predicted octanol–water partition coefficient (Wildman–Crippen LogP) is 9.90. The van der Waals surface area contributed by atoms with Gasteiger partial charge < -0.3 is 4.74 Å². The van der Waals surface area contributed by atoms with Gasteiger partial charge in [-0.2, -0.15) is 5.26 Å². The standard InChI is InChI=1S/C38H15F3N6O/c1-20-7-5-8-23(29(20)17-42)21-11-13-25-27(15-21)33(30(18-43)45-2)36-26-14-12-22(16-28(26)34(35(25)36)31(19-44)46-3)24-9-6-10-32(37(24)47-4)48-38(39,40)41/h5-16H,1H3/b33-30+,34-31-. The Morgan fingerprint density at radius 3 is 1.69 bits per heavy atom. The molecule has 7 nitrogen and oxygen atoms in total. The summed E-state index contributed by atoms with van der Waals surface area (Å²) in [5.41, 5.74) is 5.48. The van der Waals surface area contributed by atoms with Crippen molar-refractivity contribution in [2.45, 2.75) is 13.3 Å². The van der Waals surface area contributed by atoms with Gasteiger partial charge in [0.25, 0.3) is 11.4 Å². The Hall–Kier alpha value is -7.37. The highest BCUT2D eigenvalue weighted by Gasteiger charge is 2.40. The summed E-state index contributed by atoms with van der Waals surface area (Å²) < 4.78 is 43.5. The molecule has 10 heteroatoms. The fourth-order valence-electron chi connectivity index (χ4n) is 6.23. The second-order valence-electron chi connectivity index (χ2n) is 10.6. The Morgan fingerprint density at radius 2 is 1.21 bits per heavy atom. The molecular formula is C38H15F3N6O. The molecule has 0 amide bonds. The quantitative estimate of drug-likeness (QED) is 0.167. The molecule has 4 aromatic carbocycles. The van der Waals surface area contributed by atoms with E-state index in [1.807, 2.05) is 31.2 Å². The lowest BCUT2D eigenvalue weighted by Crippen LogP contribution is -2.17. The van der Waals surface area contributed by atoms with Crippen LogP contribution in [0.4, 0.5) is 18.9 Å². The molecule has 0 aliphatic heterocycles. The monoisotopic (exact) mass is 628 g/mol. The molecule has 224 valence electrons. The Morgan fingerprint density at radius 1 is 0.688 bits per heavy atom. The van der Waals surface area contributed by atoms with Gasteiger partial charge in [-0.15, -0.1) is 13.2 Å². The predicted molar refractivity (Wildman–Crippen MR) is 171 cm³/mol. The summed E-state index contributed by atoms with van der Waals surface area (Å²) in [6.07, 6.45) is -5.03. The van der Waals surface area contributed by atoms with Gasteiger partial charge in [-0.1, -0.05) is 54.6 Å². The first-order chi connectivity index (χ1) is 23.1. The minimum atomic E-state index is -5.03. The maximum Gasteiger partial charge on any atom is 0.571 e. The first-order valence-electron chi connectivity index (χ1n) is 14.0. The van der Waals surface area contributed by atoms with Gasteiger partial charge in [-0.3, -0.25) is 0 Å². The Balaban J connectivity index is 1.63. The van der Waals surface area contributed by atoms with Gasteiger partial charge >= 0.3 is 6.36 Å². The van der Waals surface area contributed by atoms with E-state index in [4.69, 9.17) is 19.7 Å². The van der Waals surface area contributed by atoms with E-state index in [9.17, 15) is 29.0 Å². The van der Waals surface area contributed by atoms with Crippen LogP contribution in [0, 0.1) is 60.6 Å². The van der Waals surface area contributed by atoms with E-state index in [-0.39, 0.29) is 28.2 Å². The van der Waals surface area contributed by atoms with Crippen LogP contribution in [-0.2, 0) is 0 Å². The molecule has 0 spiro atoms. The van der Waals surface area contributed by atoms with Crippen molar-refractivity contribution in [3.63, 3.8) is 0 Å². The largest absolute Gasteiger partial charge is 0.571 e. The van der Waals surface area contributed by atoms with Crippen LogP contribution in [-0.4, -0.2) is 6.36 Å². The van der Waals surface area contributed by atoms with Gasteiger partial charge in [-0.25, -0.2) is 25.1 Å². The molecule has 6 rings (SSSR count).